The van der Waals surface area contributed by atoms with Crippen LogP contribution in [0.1, 0.15) is 12.8 Å². The average molecular weight is 141 g/mol. The molecule has 1 N–H and O–H groups in total. The molecule has 0 aromatic heterocycles. The van der Waals surface area contributed by atoms with Crippen LogP contribution in [0.3, 0.4) is 0 Å². The maximum atomic E-state index is 9.21. The lowest BCUT2D eigenvalue weighted by Gasteiger charge is -2.14. The Morgan fingerprint density at radius 1 is 1.60 bits per heavy atom. The van der Waals surface area contributed by atoms with Gasteiger partial charge in [-0.2, -0.15) is 0 Å². The summed E-state index contributed by atoms with van der Waals surface area (Å²) in [4.78, 5) is 1.95. The van der Waals surface area contributed by atoms with Gasteiger partial charge in [-0.05, 0) is 20.5 Å². The van der Waals surface area contributed by atoms with Gasteiger partial charge in [0.1, 0.15) is 0 Å². The highest BCUT2D eigenvalue weighted by molar-refractivity contribution is 4.84. The summed E-state index contributed by atoms with van der Waals surface area (Å²) in [6.07, 6.45) is 6.13. The van der Waals surface area contributed by atoms with Gasteiger partial charge in [0, 0.05) is 13.0 Å². The SMILES string of the molecule is C#CCCC(O)CN(C)C. The first-order valence-electron chi connectivity index (χ1n) is 3.43. The molecule has 1 unspecified atom stereocenters. The van der Waals surface area contributed by atoms with Gasteiger partial charge in [-0.25, -0.2) is 0 Å². The molecule has 10 heavy (non-hydrogen) atoms. The number of aliphatic hydroxyl groups is 1. The van der Waals surface area contributed by atoms with Crippen molar-refractivity contribution >= 4 is 0 Å². The summed E-state index contributed by atoms with van der Waals surface area (Å²) in [5.74, 6) is 2.49. The molecule has 0 fully saturated rings. The lowest BCUT2D eigenvalue weighted by Crippen LogP contribution is -2.25. The van der Waals surface area contributed by atoms with Gasteiger partial charge in [0.2, 0.25) is 0 Å². The smallest absolute Gasteiger partial charge is 0.0676 e. The molecule has 0 aliphatic carbocycles. The Balaban J connectivity index is 3.27. The fourth-order valence-electron chi connectivity index (χ4n) is 0.763. The van der Waals surface area contributed by atoms with Crippen LogP contribution < -0.4 is 0 Å². The normalized spacial score (nSPS) is 13.1. The second-order valence-corrected chi connectivity index (χ2v) is 2.66. The van der Waals surface area contributed by atoms with Crippen molar-refractivity contribution in [1.29, 1.82) is 0 Å². The van der Waals surface area contributed by atoms with Crippen LogP contribution in [0, 0.1) is 12.3 Å². The molecule has 0 radical (unpaired) electrons. The molecule has 0 aliphatic rings. The van der Waals surface area contributed by atoms with Crippen molar-refractivity contribution in [2.75, 3.05) is 20.6 Å². The Morgan fingerprint density at radius 3 is 2.60 bits per heavy atom. The van der Waals surface area contributed by atoms with Crippen molar-refractivity contribution < 1.29 is 5.11 Å². The lowest BCUT2D eigenvalue weighted by atomic mass is 10.2. The number of terminal acetylenes is 1. The minimum atomic E-state index is -0.272. The van der Waals surface area contributed by atoms with Gasteiger partial charge in [-0.1, -0.05) is 0 Å². The van der Waals surface area contributed by atoms with Crippen LogP contribution in [0.5, 0.6) is 0 Å². The van der Waals surface area contributed by atoms with E-state index < -0.39 is 0 Å². The third kappa shape index (κ3) is 5.61. The van der Waals surface area contributed by atoms with Gasteiger partial charge < -0.3 is 10.0 Å². The number of rotatable bonds is 4. The Hall–Kier alpha value is -0.520. The summed E-state index contributed by atoms with van der Waals surface area (Å²) in [6, 6.07) is 0. The predicted octanol–water partition coefficient (Wildman–Crippen LogP) is 0.322. The molecule has 0 aromatic rings. The van der Waals surface area contributed by atoms with E-state index in [9.17, 15) is 5.11 Å². The van der Waals surface area contributed by atoms with Gasteiger partial charge in [-0.3, -0.25) is 0 Å². The Bertz CT molecular complexity index is 115. The molecule has 1 atom stereocenters. The maximum absolute atomic E-state index is 9.21. The third-order valence-corrected chi connectivity index (χ3v) is 1.20. The van der Waals surface area contributed by atoms with Crippen molar-refractivity contribution in [2.24, 2.45) is 0 Å². The van der Waals surface area contributed by atoms with Crippen LogP contribution in [0.25, 0.3) is 0 Å². The van der Waals surface area contributed by atoms with Crippen LogP contribution in [-0.4, -0.2) is 36.8 Å². The summed E-state index contributed by atoms with van der Waals surface area (Å²) in [5.41, 5.74) is 0. The summed E-state index contributed by atoms with van der Waals surface area (Å²) >= 11 is 0. The fraction of sp³-hybridized carbons (Fsp3) is 0.750. The zero-order valence-corrected chi connectivity index (χ0v) is 6.67. The number of hydrogen-bond donors (Lipinski definition) is 1. The van der Waals surface area contributed by atoms with Gasteiger partial charge >= 0.3 is 0 Å². The predicted molar refractivity (Wildman–Crippen MR) is 42.6 cm³/mol. The average Bonchev–Trinajstić information content (AvgIpc) is 1.82. The molecular formula is C8H15NO. The number of hydrogen-bond acceptors (Lipinski definition) is 2. The molecule has 0 rings (SSSR count). The second-order valence-electron chi connectivity index (χ2n) is 2.66. The fourth-order valence-corrected chi connectivity index (χ4v) is 0.763. The van der Waals surface area contributed by atoms with Crippen LogP contribution in [0.15, 0.2) is 0 Å². The van der Waals surface area contributed by atoms with Gasteiger partial charge in [0.25, 0.3) is 0 Å². The molecule has 0 heterocycles. The largest absolute Gasteiger partial charge is 0.392 e. The standard InChI is InChI=1S/C8H15NO/c1-4-5-6-8(10)7-9(2)3/h1,8,10H,5-7H2,2-3H3. The van der Waals surface area contributed by atoms with Crippen LogP contribution in [-0.2, 0) is 0 Å². The van der Waals surface area contributed by atoms with Gasteiger partial charge in [-0.15, -0.1) is 12.3 Å². The molecular weight excluding hydrogens is 126 g/mol. The van der Waals surface area contributed by atoms with Crippen LogP contribution >= 0.6 is 0 Å². The zero-order chi connectivity index (χ0) is 7.98. The summed E-state index contributed by atoms with van der Waals surface area (Å²) < 4.78 is 0. The van der Waals surface area contributed by atoms with Crippen molar-refractivity contribution in [1.82, 2.24) is 4.90 Å². The maximum Gasteiger partial charge on any atom is 0.0676 e. The molecule has 58 valence electrons. The van der Waals surface area contributed by atoms with E-state index in [-0.39, 0.29) is 6.10 Å². The van der Waals surface area contributed by atoms with Crippen molar-refractivity contribution in [3.8, 4) is 12.3 Å². The van der Waals surface area contributed by atoms with Crippen molar-refractivity contribution in [3.05, 3.63) is 0 Å². The van der Waals surface area contributed by atoms with E-state index in [0.717, 1.165) is 0 Å². The highest BCUT2D eigenvalue weighted by Crippen LogP contribution is 1.95. The summed E-state index contributed by atoms with van der Waals surface area (Å²) in [6.45, 7) is 0.696. The molecule has 0 amide bonds. The first-order chi connectivity index (χ1) is 4.66. The topological polar surface area (TPSA) is 23.5 Å². The van der Waals surface area contributed by atoms with E-state index in [1.54, 1.807) is 0 Å². The highest BCUT2D eigenvalue weighted by Gasteiger charge is 2.02. The Morgan fingerprint density at radius 2 is 2.20 bits per heavy atom. The Labute approximate surface area is 62.8 Å². The monoisotopic (exact) mass is 141 g/mol. The van der Waals surface area contributed by atoms with E-state index in [0.29, 0.717) is 19.4 Å². The Kier molecular flexibility index (Phi) is 5.00. The molecule has 2 nitrogen and oxygen atoms in total. The van der Waals surface area contributed by atoms with Crippen LogP contribution in [0.4, 0.5) is 0 Å². The first-order valence-corrected chi connectivity index (χ1v) is 3.43. The first kappa shape index (κ1) is 9.48. The molecule has 0 aliphatic heterocycles. The quantitative estimate of drug-likeness (QED) is 0.570. The van der Waals surface area contributed by atoms with E-state index in [1.165, 1.54) is 0 Å². The van der Waals surface area contributed by atoms with Gasteiger partial charge in [0.15, 0.2) is 0 Å². The molecule has 0 aromatic carbocycles. The second kappa shape index (κ2) is 5.28. The number of nitrogens with zero attached hydrogens (tertiary/aromatic N) is 1. The van der Waals surface area contributed by atoms with E-state index >= 15 is 0 Å². The summed E-state index contributed by atoms with van der Waals surface area (Å²) in [7, 11) is 3.86. The van der Waals surface area contributed by atoms with Gasteiger partial charge in [0.05, 0.1) is 6.10 Å². The minimum Gasteiger partial charge on any atom is -0.392 e. The minimum absolute atomic E-state index is 0.272. The zero-order valence-electron chi connectivity index (χ0n) is 6.67. The van der Waals surface area contributed by atoms with Crippen LogP contribution in [0.2, 0.25) is 0 Å². The molecule has 0 bridgehead atoms. The third-order valence-electron chi connectivity index (χ3n) is 1.20. The van der Waals surface area contributed by atoms with E-state index in [1.807, 2.05) is 19.0 Å². The number of aliphatic hydroxyl groups excluding tert-OH is 1. The molecule has 2 heteroatoms. The van der Waals surface area contributed by atoms with E-state index in [4.69, 9.17) is 6.42 Å². The lowest BCUT2D eigenvalue weighted by molar-refractivity contribution is 0.130. The number of likely N-dealkylation sites (N-methyl/N-ethyl adjacent to an activating group) is 1. The summed E-state index contributed by atoms with van der Waals surface area (Å²) in [5, 5.41) is 9.21. The van der Waals surface area contributed by atoms with Crippen molar-refractivity contribution in [3.63, 3.8) is 0 Å². The molecule has 0 spiro atoms. The molecule has 0 saturated heterocycles. The van der Waals surface area contributed by atoms with Crippen molar-refractivity contribution in [2.45, 2.75) is 18.9 Å². The molecule has 0 saturated carbocycles. The highest BCUT2D eigenvalue weighted by atomic mass is 16.3. The van der Waals surface area contributed by atoms with E-state index in [2.05, 4.69) is 5.92 Å².